The number of rotatable bonds is 1. The van der Waals surface area contributed by atoms with Gasteiger partial charge < -0.3 is 0 Å². The van der Waals surface area contributed by atoms with Crippen LogP contribution in [-0.2, 0) is 0 Å². The van der Waals surface area contributed by atoms with Crippen LogP contribution in [0.4, 0.5) is 22.0 Å². The van der Waals surface area contributed by atoms with Gasteiger partial charge >= 0.3 is 0 Å². The highest BCUT2D eigenvalue weighted by Gasteiger charge is 2.28. The first kappa shape index (κ1) is 12.2. The van der Waals surface area contributed by atoms with Crippen LogP contribution in [0.5, 0.6) is 0 Å². The molecular formula is C8ClF5N2S. The van der Waals surface area contributed by atoms with Crippen LogP contribution in [0.2, 0.25) is 4.47 Å². The molecule has 0 atom stereocenters. The minimum atomic E-state index is -2.22. The molecule has 1 heterocycles. The summed E-state index contributed by atoms with van der Waals surface area (Å²) in [7, 11) is 0. The van der Waals surface area contributed by atoms with Gasteiger partial charge in [-0.15, -0.1) is 10.2 Å². The average Bonchev–Trinajstić information content (AvgIpc) is 2.71. The molecule has 0 aliphatic heterocycles. The predicted octanol–water partition coefficient (Wildman–Crippen LogP) is 3.55. The molecule has 0 saturated heterocycles. The lowest BCUT2D eigenvalue weighted by atomic mass is 10.2. The SMILES string of the molecule is Fc1c(F)c(F)c(-c2nnc(Cl)s2)c(F)c1F. The van der Waals surface area contributed by atoms with Crippen LogP contribution in [0.3, 0.4) is 0 Å². The van der Waals surface area contributed by atoms with Crippen LogP contribution in [0, 0.1) is 29.1 Å². The Balaban J connectivity index is 2.78. The van der Waals surface area contributed by atoms with E-state index in [4.69, 9.17) is 11.6 Å². The Kier molecular flexibility index (Phi) is 3.00. The molecule has 1 aromatic carbocycles. The summed E-state index contributed by atoms with van der Waals surface area (Å²) in [4.78, 5) is 0. The van der Waals surface area contributed by atoms with Crippen molar-refractivity contribution >= 4 is 22.9 Å². The fraction of sp³-hybridized carbons (Fsp3) is 0. The largest absolute Gasteiger partial charge is 0.207 e. The molecule has 90 valence electrons. The third kappa shape index (κ3) is 1.87. The van der Waals surface area contributed by atoms with Gasteiger partial charge in [0, 0.05) is 0 Å². The smallest absolute Gasteiger partial charge is 0.203 e. The number of aromatic nitrogens is 2. The van der Waals surface area contributed by atoms with Gasteiger partial charge in [0.2, 0.25) is 10.3 Å². The van der Waals surface area contributed by atoms with Gasteiger partial charge in [0.1, 0.15) is 0 Å². The lowest BCUT2D eigenvalue weighted by Crippen LogP contribution is -2.03. The van der Waals surface area contributed by atoms with Crippen molar-refractivity contribution < 1.29 is 22.0 Å². The molecule has 0 aliphatic carbocycles. The quantitative estimate of drug-likeness (QED) is 0.455. The molecule has 0 spiro atoms. The van der Waals surface area contributed by atoms with E-state index in [2.05, 4.69) is 10.2 Å². The van der Waals surface area contributed by atoms with E-state index in [9.17, 15) is 22.0 Å². The van der Waals surface area contributed by atoms with Gasteiger partial charge in [0.05, 0.1) is 5.56 Å². The molecule has 0 bridgehead atoms. The topological polar surface area (TPSA) is 25.8 Å². The minimum Gasteiger partial charge on any atom is -0.203 e. The third-order valence-electron chi connectivity index (χ3n) is 1.82. The van der Waals surface area contributed by atoms with Crippen molar-refractivity contribution in [2.24, 2.45) is 0 Å². The highest BCUT2D eigenvalue weighted by molar-refractivity contribution is 7.18. The Morgan fingerprint density at radius 3 is 1.65 bits per heavy atom. The van der Waals surface area contributed by atoms with Crippen LogP contribution < -0.4 is 0 Å². The van der Waals surface area contributed by atoms with Gasteiger partial charge in [-0.05, 0) is 11.6 Å². The van der Waals surface area contributed by atoms with E-state index < -0.39 is 39.7 Å². The van der Waals surface area contributed by atoms with Gasteiger partial charge in [-0.1, -0.05) is 11.3 Å². The average molecular weight is 287 g/mol. The molecule has 0 unspecified atom stereocenters. The Morgan fingerprint density at radius 2 is 1.24 bits per heavy atom. The van der Waals surface area contributed by atoms with Crippen molar-refractivity contribution in [2.75, 3.05) is 0 Å². The van der Waals surface area contributed by atoms with Gasteiger partial charge in [0.15, 0.2) is 28.3 Å². The van der Waals surface area contributed by atoms with E-state index in [1.165, 1.54) is 0 Å². The first-order chi connectivity index (χ1) is 7.93. The van der Waals surface area contributed by atoms with E-state index >= 15 is 0 Å². The van der Waals surface area contributed by atoms with Crippen molar-refractivity contribution in [3.63, 3.8) is 0 Å². The second-order valence-electron chi connectivity index (χ2n) is 2.81. The van der Waals surface area contributed by atoms with Crippen molar-refractivity contribution in [3.8, 4) is 10.6 Å². The first-order valence-corrected chi connectivity index (χ1v) is 5.13. The molecule has 0 aliphatic rings. The fourth-order valence-electron chi connectivity index (χ4n) is 1.10. The molecule has 2 nitrogen and oxygen atoms in total. The number of benzene rings is 1. The molecule has 2 aromatic rings. The van der Waals surface area contributed by atoms with Crippen molar-refractivity contribution in [2.45, 2.75) is 0 Å². The van der Waals surface area contributed by atoms with E-state index in [1.807, 2.05) is 0 Å². The van der Waals surface area contributed by atoms with Crippen LogP contribution >= 0.6 is 22.9 Å². The van der Waals surface area contributed by atoms with Crippen molar-refractivity contribution in [1.29, 1.82) is 0 Å². The van der Waals surface area contributed by atoms with E-state index in [0.717, 1.165) is 0 Å². The Bertz CT molecular complexity index is 571. The monoisotopic (exact) mass is 286 g/mol. The molecule has 0 fully saturated rings. The second kappa shape index (κ2) is 4.19. The zero-order chi connectivity index (χ0) is 12.7. The normalized spacial score (nSPS) is 10.9. The van der Waals surface area contributed by atoms with Crippen molar-refractivity contribution in [3.05, 3.63) is 33.6 Å². The Morgan fingerprint density at radius 1 is 0.765 bits per heavy atom. The summed E-state index contributed by atoms with van der Waals surface area (Å²) in [5.74, 6) is -10.2. The van der Waals surface area contributed by atoms with Crippen LogP contribution in [0.1, 0.15) is 0 Å². The molecule has 17 heavy (non-hydrogen) atoms. The summed E-state index contributed by atoms with van der Waals surface area (Å²) in [5, 5.41) is 5.96. The maximum absolute atomic E-state index is 13.3. The summed E-state index contributed by atoms with van der Waals surface area (Å²) in [6, 6.07) is 0. The van der Waals surface area contributed by atoms with Gasteiger partial charge in [-0.25, -0.2) is 22.0 Å². The number of nitrogens with zero attached hydrogens (tertiary/aromatic N) is 2. The molecule has 0 saturated carbocycles. The standard InChI is InChI=1S/C8ClF5N2S/c9-8-16-15-7(17-8)1-2(10)4(12)6(14)5(13)3(1)11. The van der Waals surface area contributed by atoms with Gasteiger partial charge in [0.25, 0.3) is 0 Å². The van der Waals surface area contributed by atoms with Gasteiger partial charge in [-0.3, -0.25) is 0 Å². The molecule has 0 radical (unpaired) electrons. The number of halogens is 6. The van der Waals surface area contributed by atoms with E-state index in [-0.39, 0.29) is 4.47 Å². The minimum absolute atomic E-state index is 0.177. The van der Waals surface area contributed by atoms with Crippen LogP contribution in [0.25, 0.3) is 10.6 Å². The summed E-state index contributed by atoms with van der Waals surface area (Å²) >= 11 is 5.86. The second-order valence-corrected chi connectivity index (χ2v) is 4.36. The molecule has 9 heteroatoms. The molecular weight excluding hydrogens is 287 g/mol. The maximum atomic E-state index is 13.3. The molecule has 0 N–H and O–H groups in total. The van der Waals surface area contributed by atoms with E-state index in [1.54, 1.807) is 0 Å². The Hall–Kier alpha value is -1.28. The molecule has 1 aromatic heterocycles. The van der Waals surface area contributed by atoms with Gasteiger partial charge in [-0.2, -0.15) is 0 Å². The third-order valence-corrected chi connectivity index (χ3v) is 2.86. The van der Waals surface area contributed by atoms with Crippen LogP contribution in [0.15, 0.2) is 0 Å². The highest BCUT2D eigenvalue weighted by atomic mass is 35.5. The number of hydrogen-bond acceptors (Lipinski definition) is 3. The van der Waals surface area contributed by atoms with Crippen LogP contribution in [-0.4, -0.2) is 10.2 Å². The lowest BCUT2D eigenvalue weighted by molar-refractivity contribution is 0.381. The molecule has 0 amide bonds. The summed E-state index contributed by atoms with van der Waals surface area (Å²) in [6.45, 7) is 0. The molecule has 2 rings (SSSR count). The van der Waals surface area contributed by atoms with Crippen molar-refractivity contribution in [1.82, 2.24) is 10.2 Å². The Labute approximate surface area is 99.7 Å². The summed E-state index contributed by atoms with van der Waals surface area (Å²) < 4.78 is 64.8. The first-order valence-electron chi connectivity index (χ1n) is 3.94. The van der Waals surface area contributed by atoms with E-state index in [0.29, 0.717) is 11.3 Å². The predicted molar refractivity (Wildman–Crippen MR) is 50.1 cm³/mol. The summed E-state index contributed by atoms with van der Waals surface area (Å²) in [5.41, 5.74) is -1.13. The highest BCUT2D eigenvalue weighted by Crippen LogP contribution is 2.34. The lowest BCUT2D eigenvalue weighted by Gasteiger charge is -2.04. The number of hydrogen-bond donors (Lipinski definition) is 0. The summed E-state index contributed by atoms with van der Waals surface area (Å²) in [6.07, 6.45) is 0. The maximum Gasteiger partial charge on any atom is 0.207 e. The fourth-order valence-corrected chi connectivity index (χ4v) is 1.96. The zero-order valence-electron chi connectivity index (χ0n) is 7.57. The zero-order valence-corrected chi connectivity index (χ0v) is 9.14.